The highest BCUT2D eigenvalue weighted by Crippen LogP contribution is 2.27. The topological polar surface area (TPSA) is 49.8 Å². The highest BCUT2D eigenvalue weighted by molar-refractivity contribution is 5.88. The van der Waals surface area contributed by atoms with Crippen molar-refractivity contribution in [2.75, 3.05) is 31.7 Å². The number of halogens is 2. The molecule has 2 rings (SSSR count). The summed E-state index contributed by atoms with van der Waals surface area (Å²) < 4.78 is 32.8. The van der Waals surface area contributed by atoms with Crippen LogP contribution in [0.4, 0.5) is 14.5 Å². The molecular weight excluding hydrogens is 268 g/mol. The number of rotatable bonds is 4. The average Bonchev–Trinajstić information content (AvgIpc) is 2.40. The molecule has 108 valence electrons. The van der Waals surface area contributed by atoms with Crippen molar-refractivity contribution in [1.82, 2.24) is 0 Å². The van der Waals surface area contributed by atoms with E-state index in [1.165, 1.54) is 0 Å². The van der Waals surface area contributed by atoms with E-state index in [1.54, 1.807) is 12.0 Å². The summed E-state index contributed by atoms with van der Waals surface area (Å²) in [5.41, 5.74) is 0.519. The van der Waals surface area contributed by atoms with Crippen LogP contribution in [0.15, 0.2) is 23.8 Å². The van der Waals surface area contributed by atoms with Crippen LogP contribution < -0.4 is 4.90 Å². The third-order valence-electron chi connectivity index (χ3n) is 3.21. The normalized spacial score (nSPS) is 15.2. The molecule has 1 aromatic carbocycles. The van der Waals surface area contributed by atoms with Gasteiger partial charge in [0.2, 0.25) is 0 Å². The lowest BCUT2D eigenvalue weighted by molar-refractivity contribution is 0.0695. The fraction of sp³-hybridized carbons (Fsp3) is 0.357. The van der Waals surface area contributed by atoms with Crippen LogP contribution in [0.1, 0.15) is 16.8 Å². The van der Waals surface area contributed by atoms with Gasteiger partial charge in [-0.25, -0.2) is 13.6 Å². The van der Waals surface area contributed by atoms with Gasteiger partial charge in [0.05, 0.1) is 12.2 Å². The zero-order chi connectivity index (χ0) is 14.7. The number of carbonyl (C=O) groups is 1. The molecule has 1 aromatic rings. The SMILES string of the molecule is COCC1=CCN(c2c(F)cc(C(=O)O)cc2F)CC1. The summed E-state index contributed by atoms with van der Waals surface area (Å²) in [5.74, 6) is -3.06. The van der Waals surface area contributed by atoms with Gasteiger partial charge in [-0.05, 0) is 24.1 Å². The van der Waals surface area contributed by atoms with Crippen molar-refractivity contribution in [3.05, 3.63) is 41.0 Å². The Bertz CT molecular complexity index is 534. The summed E-state index contributed by atoms with van der Waals surface area (Å²) >= 11 is 0. The molecule has 0 saturated carbocycles. The molecule has 20 heavy (non-hydrogen) atoms. The number of methoxy groups -OCH3 is 1. The van der Waals surface area contributed by atoms with Gasteiger partial charge in [-0.1, -0.05) is 6.08 Å². The number of carboxylic acids is 1. The molecule has 0 fully saturated rings. The van der Waals surface area contributed by atoms with E-state index in [2.05, 4.69) is 0 Å². The van der Waals surface area contributed by atoms with Gasteiger partial charge in [-0.2, -0.15) is 0 Å². The minimum atomic E-state index is -1.35. The van der Waals surface area contributed by atoms with E-state index in [4.69, 9.17) is 9.84 Å². The largest absolute Gasteiger partial charge is 0.478 e. The van der Waals surface area contributed by atoms with Crippen molar-refractivity contribution in [2.24, 2.45) is 0 Å². The van der Waals surface area contributed by atoms with Gasteiger partial charge in [0.15, 0.2) is 0 Å². The van der Waals surface area contributed by atoms with Crippen LogP contribution in [0.3, 0.4) is 0 Å². The van der Waals surface area contributed by atoms with Crippen molar-refractivity contribution in [1.29, 1.82) is 0 Å². The van der Waals surface area contributed by atoms with E-state index < -0.39 is 23.2 Å². The van der Waals surface area contributed by atoms with E-state index >= 15 is 0 Å². The Morgan fingerprint density at radius 1 is 1.40 bits per heavy atom. The van der Waals surface area contributed by atoms with Crippen molar-refractivity contribution in [2.45, 2.75) is 6.42 Å². The quantitative estimate of drug-likeness (QED) is 0.862. The van der Waals surface area contributed by atoms with Crippen LogP contribution in [0, 0.1) is 11.6 Å². The van der Waals surface area contributed by atoms with E-state index in [-0.39, 0.29) is 5.69 Å². The molecule has 0 radical (unpaired) electrons. The van der Waals surface area contributed by atoms with Crippen molar-refractivity contribution in [3.8, 4) is 0 Å². The Labute approximate surface area is 115 Å². The van der Waals surface area contributed by atoms with Crippen LogP contribution >= 0.6 is 0 Å². The first kappa shape index (κ1) is 14.5. The number of aromatic carboxylic acids is 1. The molecule has 1 aliphatic heterocycles. The average molecular weight is 283 g/mol. The molecule has 0 bridgehead atoms. The Kier molecular flexibility index (Phi) is 4.34. The molecule has 4 nitrogen and oxygen atoms in total. The lowest BCUT2D eigenvalue weighted by Crippen LogP contribution is -2.31. The zero-order valence-corrected chi connectivity index (χ0v) is 11.0. The molecule has 0 atom stereocenters. The van der Waals surface area contributed by atoms with Gasteiger partial charge >= 0.3 is 5.97 Å². The summed E-state index contributed by atoms with van der Waals surface area (Å²) in [4.78, 5) is 12.3. The molecule has 0 aliphatic carbocycles. The highest BCUT2D eigenvalue weighted by atomic mass is 19.1. The summed E-state index contributed by atoms with van der Waals surface area (Å²) in [6, 6.07) is 1.68. The molecule has 0 aromatic heterocycles. The van der Waals surface area contributed by atoms with Gasteiger partial charge in [-0.15, -0.1) is 0 Å². The number of hydrogen-bond acceptors (Lipinski definition) is 3. The molecular formula is C14H15F2NO3. The van der Waals surface area contributed by atoms with Gasteiger partial charge in [0.25, 0.3) is 0 Å². The van der Waals surface area contributed by atoms with Gasteiger partial charge in [0.1, 0.15) is 17.3 Å². The number of benzene rings is 1. The second-order valence-corrected chi connectivity index (χ2v) is 4.59. The molecule has 0 unspecified atom stereocenters. The number of hydrogen-bond donors (Lipinski definition) is 1. The molecule has 0 spiro atoms. The summed E-state index contributed by atoms with van der Waals surface area (Å²) in [6.07, 6.45) is 2.53. The molecule has 0 amide bonds. The predicted molar refractivity (Wildman–Crippen MR) is 70.1 cm³/mol. The van der Waals surface area contributed by atoms with E-state index in [1.807, 2.05) is 6.08 Å². The molecule has 0 saturated heterocycles. The van der Waals surface area contributed by atoms with Crippen molar-refractivity contribution < 1.29 is 23.4 Å². The van der Waals surface area contributed by atoms with Crippen LogP contribution in [-0.2, 0) is 4.74 Å². The van der Waals surface area contributed by atoms with Crippen LogP contribution in [0.25, 0.3) is 0 Å². The Morgan fingerprint density at radius 2 is 2.05 bits per heavy atom. The number of nitrogens with zero attached hydrogens (tertiary/aromatic N) is 1. The van der Waals surface area contributed by atoms with Crippen LogP contribution in [0.2, 0.25) is 0 Å². The first-order valence-electron chi connectivity index (χ1n) is 6.17. The predicted octanol–water partition coefficient (Wildman–Crippen LogP) is 2.45. The minimum Gasteiger partial charge on any atom is -0.478 e. The van der Waals surface area contributed by atoms with Crippen molar-refractivity contribution in [3.63, 3.8) is 0 Å². The summed E-state index contributed by atoms with van der Waals surface area (Å²) in [5, 5.41) is 8.76. The maximum Gasteiger partial charge on any atom is 0.335 e. The molecule has 1 N–H and O–H groups in total. The minimum absolute atomic E-state index is 0.178. The smallest absolute Gasteiger partial charge is 0.335 e. The number of ether oxygens (including phenoxy) is 1. The lowest BCUT2D eigenvalue weighted by Gasteiger charge is -2.29. The maximum atomic E-state index is 13.9. The first-order chi connectivity index (χ1) is 9.52. The van der Waals surface area contributed by atoms with Crippen LogP contribution in [-0.4, -0.2) is 37.9 Å². The third kappa shape index (κ3) is 2.96. The van der Waals surface area contributed by atoms with Crippen molar-refractivity contribution >= 4 is 11.7 Å². The molecule has 1 heterocycles. The highest BCUT2D eigenvalue weighted by Gasteiger charge is 2.21. The third-order valence-corrected chi connectivity index (χ3v) is 3.21. The first-order valence-corrected chi connectivity index (χ1v) is 6.17. The summed E-state index contributed by atoms with van der Waals surface area (Å²) in [6.45, 7) is 1.35. The zero-order valence-electron chi connectivity index (χ0n) is 11.0. The standard InChI is InChI=1S/C14H15F2NO3/c1-20-8-9-2-4-17(5-3-9)13-11(15)6-10(14(18)19)7-12(13)16/h2,6-7H,3-5,8H2,1H3,(H,18,19). The monoisotopic (exact) mass is 283 g/mol. The van der Waals surface area contributed by atoms with E-state index in [0.29, 0.717) is 26.1 Å². The second kappa shape index (κ2) is 6.00. The maximum absolute atomic E-state index is 13.9. The Morgan fingerprint density at radius 3 is 2.50 bits per heavy atom. The van der Waals surface area contributed by atoms with E-state index in [0.717, 1.165) is 17.7 Å². The number of anilines is 1. The number of carboxylic acid groups (broad SMARTS) is 1. The second-order valence-electron chi connectivity index (χ2n) is 4.59. The van der Waals surface area contributed by atoms with Gasteiger partial charge in [-0.3, -0.25) is 0 Å². The Hall–Kier alpha value is -1.95. The van der Waals surface area contributed by atoms with E-state index in [9.17, 15) is 13.6 Å². The van der Waals surface area contributed by atoms with Gasteiger partial charge < -0.3 is 14.7 Å². The Balaban J connectivity index is 2.24. The lowest BCUT2D eigenvalue weighted by atomic mass is 10.1. The molecule has 6 heteroatoms. The fourth-order valence-corrected chi connectivity index (χ4v) is 2.22. The fourth-order valence-electron chi connectivity index (χ4n) is 2.22. The molecule has 1 aliphatic rings. The van der Waals surface area contributed by atoms with Gasteiger partial charge in [0, 0.05) is 20.2 Å². The summed E-state index contributed by atoms with van der Waals surface area (Å²) in [7, 11) is 1.59. The van der Waals surface area contributed by atoms with Crippen LogP contribution in [0.5, 0.6) is 0 Å².